The topological polar surface area (TPSA) is 75.4 Å². The van der Waals surface area contributed by atoms with Crippen LogP contribution in [-0.2, 0) is 0 Å². The quantitative estimate of drug-likeness (QED) is 0.479. The van der Waals surface area contributed by atoms with Gasteiger partial charge in [-0.2, -0.15) is 0 Å². The van der Waals surface area contributed by atoms with Crippen molar-refractivity contribution >= 4 is 27.3 Å². The zero-order chi connectivity index (χ0) is 12.0. The number of unbranched alkanes of at least 4 members (excludes halogenated alkanes) is 1. The van der Waals surface area contributed by atoms with E-state index in [1.165, 1.54) is 6.07 Å². The number of hydrogen-bond donors (Lipinski definition) is 2. The summed E-state index contributed by atoms with van der Waals surface area (Å²) in [5, 5.41) is 22.3. The van der Waals surface area contributed by atoms with Gasteiger partial charge < -0.3 is 10.4 Å². The van der Waals surface area contributed by atoms with Crippen molar-refractivity contribution in [3.8, 4) is 0 Å². The van der Waals surface area contributed by atoms with Crippen LogP contribution in [0.1, 0.15) is 12.8 Å². The first-order valence-electron chi connectivity index (χ1n) is 4.94. The number of aliphatic hydroxyl groups is 1. The van der Waals surface area contributed by atoms with E-state index in [1.54, 1.807) is 12.1 Å². The maximum absolute atomic E-state index is 10.7. The lowest BCUT2D eigenvalue weighted by molar-refractivity contribution is -0.384. The van der Waals surface area contributed by atoms with E-state index < -0.39 is 4.92 Å². The van der Waals surface area contributed by atoms with Gasteiger partial charge in [-0.05, 0) is 25.0 Å². The standard InChI is InChI=1S/C10H13BrN2O3/c11-8-3-4-10(13(15)16)9(7-8)12-5-1-2-6-14/h3-4,7,12,14H,1-2,5-6H2. The number of nitro benzene ring substituents is 1. The van der Waals surface area contributed by atoms with Crippen molar-refractivity contribution in [3.63, 3.8) is 0 Å². The molecule has 0 unspecified atom stereocenters. The lowest BCUT2D eigenvalue weighted by atomic mass is 10.2. The highest BCUT2D eigenvalue weighted by Gasteiger charge is 2.12. The van der Waals surface area contributed by atoms with Crippen LogP contribution in [0.4, 0.5) is 11.4 Å². The number of nitrogens with zero attached hydrogens (tertiary/aromatic N) is 1. The molecule has 0 aliphatic heterocycles. The van der Waals surface area contributed by atoms with Gasteiger partial charge in [0.25, 0.3) is 5.69 Å². The molecule has 0 atom stereocenters. The average molecular weight is 289 g/mol. The molecule has 1 aromatic carbocycles. The first-order chi connectivity index (χ1) is 7.65. The minimum atomic E-state index is -0.416. The van der Waals surface area contributed by atoms with Crippen LogP contribution in [-0.4, -0.2) is 23.2 Å². The fourth-order valence-electron chi connectivity index (χ4n) is 1.27. The van der Waals surface area contributed by atoms with Gasteiger partial charge in [-0.3, -0.25) is 10.1 Å². The van der Waals surface area contributed by atoms with Gasteiger partial charge in [0.2, 0.25) is 0 Å². The number of aliphatic hydroxyl groups excluding tert-OH is 1. The minimum Gasteiger partial charge on any atom is -0.396 e. The summed E-state index contributed by atoms with van der Waals surface area (Å²) in [5.74, 6) is 0. The molecule has 0 aromatic heterocycles. The third-order valence-corrected chi connectivity index (χ3v) is 2.55. The van der Waals surface area contributed by atoms with Gasteiger partial charge in [0, 0.05) is 23.7 Å². The summed E-state index contributed by atoms with van der Waals surface area (Å²) in [4.78, 5) is 10.3. The third kappa shape index (κ3) is 3.79. The molecule has 5 nitrogen and oxygen atoms in total. The van der Waals surface area contributed by atoms with E-state index in [1.807, 2.05) is 0 Å². The highest BCUT2D eigenvalue weighted by molar-refractivity contribution is 9.10. The van der Waals surface area contributed by atoms with Crippen molar-refractivity contribution in [3.05, 3.63) is 32.8 Å². The second-order valence-electron chi connectivity index (χ2n) is 3.28. The Hall–Kier alpha value is -1.14. The molecule has 0 aliphatic carbocycles. The molecule has 1 aromatic rings. The Morgan fingerprint density at radius 2 is 2.19 bits per heavy atom. The Morgan fingerprint density at radius 1 is 1.44 bits per heavy atom. The number of halogens is 1. The maximum Gasteiger partial charge on any atom is 0.292 e. The molecule has 0 bridgehead atoms. The summed E-state index contributed by atoms with van der Waals surface area (Å²) in [6, 6.07) is 4.77. The van der Waals surface area contributed by atoms with Crippen LogP contribution >= 0.6 is 15.9 Å². The lowest BCUT2D eigenvalue weighted by Crippen LogP contribution is -2.04. The summed E-state index contributed by atoms with van der Waals surface area (Å²) in [7, 11) is 0. The average Bonchev–Trinajstić information content (AvgIpc) is 2.24. The monoisotopic (exact) mass is 288 g/mol. The zero-order valence-electron chi connectivity index (χ0n) is 8.65. The van der Waals surface area contributed by atoms with E-state index in [0.717, 1.165) is 10.9 Å². The molecule has 0 saturated carbocycles. The van der Waals surface area contributed by atoms with Crippen LogP contribution in [0.2, 0.25) is 0 Å². The number of nitrogens with one attached hydrogen (secondary N) is 1. The Bertz CT molecular complexity index is 371. The highest BCUT2D eigenvalue weighted by Crippen LogP contribution is 2.27. The third-order valence-electron chi connectivity index (χ3n) is 2.06. The number of anilines is 1. The molecular weight excluding hydrogens is 276 g/mol. The first-order valence-corrected chi connectivity index (χ1v) is 5.73. The zero-order valence-corrected chi connectivity index (χ0v) is 10.2. The number of benzene rings is 1. The van der Waals surface area contributed by atoms with Crippen molar-refractivity contribution in [2.45, 2.75) is 12.8 Å². The normalized spacial score (nSPS) is 10.1. The van der Waals surface area contributed by atoms with Gasteiger partial charge in [0.05, 0.1) is 4.92 Å². The smallest absolute Gasteiger partial charge is 0.292 e. The molecule has 0 aliphatic rings. The van der Waals surface area contributed by atoms with Crippen molar-refractivity contribution in [1.82, 2.24) is 0 Å². The molecule has 2 N–H and O–H groups in total. The molecule has 1 rings (SSSR count). The van der Waals surface area contributed by atoms with Crippen LogP contribution in [0.5, 0.6) is 0 Å². The second-order valence-corrected chi connectivity index (χ2v) is 4.19. The van der Waals surface area contributed by atoms with Gasteiger partial charge in [0.1, 0.15) is 5.69 Å². The van der Waals surface area contributed by atoms with E-state index in [-0.39, 0.29) is 12.3 Å². The van der Waals surface area contributed by atoms with Crippen LogP contribution < -0.4 is 5.32 Å². The number of hydrogen-bond acceptors (Lipinski definition) is 4. The molecule has 0 amide bonds. The molecule has 16 heavy (non-hydrogen) atoms. The van der Waals surface area contributed by atoms with Gasteiger partial charge in [0.15, 0.2) is 0 Å². The molecule has 0 spiro atoms. The van der Waals surface area contributed by atoms with Gasteiger partial charge >= 0.3 is 0 Å². The summed E-state index contributed by atoms with van der Waals surface area (Å²) < 4.78 is 0.794. The van der Waals surface area contributed by atoms with E-state index in [0.29, 0.717) is 18.7 Å². The van der Waals surface area contributed by atoms with Gasteiger partial charge in [-0.15, -0.1) is 0 Å². The summed E-state index contributed by atoms with van der Waals surface area (Å²) in [5.41, 5.74) is 0.560. The summed E-state index contributed by atoms with van der Waals surface area (Å²) in [6.07, 6.45) is 1.47. The second kappa shape index (κ2) is 6.44. The number of nitro groups is 1. The Labute approximate surface area is 102 Å². The van der Waals surface area contributed by atoms with E-state index >= 15 is 0 Å². The van der Waals surface area contributed by atoms with Crippen LogP contribution in [0.3, 0.4) is 0 Å². The Kier molecular flexibility index (Phi) is 5.21. The molecule has 0 heterocycles. The fourth-order valence-corrected chi connectivity index (χ4v) is 1.63. The van der Waals surface area contributed by atoms with Crippen molar-refractivity contribution < 1.29 is 10.0 Å². The molecule has 88 valence electrons. The largest absolute Gasteiger partial charge is 0.396 e. The number of rotatable bonds is 6. The molecule has 6 heteroatoms. The van der Waals surface area contributed by atoms with Crippen molar-refractivity contribution in [2.24, 2.45) is 0 Å². The lowest BCUT2D eigenvalue weighted by Gasteiger charge is -2.06. The van der Waals surface area contributed by atoms with E-state index in [9.17, 15) is 10.1 Å². The summed E-state index contributed by atoms with van der Waals surface area (Å²) >= 11 is 3.27. The van der Waals surface area contributed by atoms with E-state index in [2.05, 4.69) is 21.2 Å². The Balaban J connectivity index is 2.68. The minimum absolute atomic E-state index is 0.0622. The molecule has 0 fully saturated rings. The summed E-state index contributed by atoms with van der Waals surface area (Å²) in [6.45, 7) is 0.750. The maximum atomic E-state index is 10.7. The van der Waals surface area contributed by atoms with Crippen molar-refractivity contribution in [1.29, 1.82) is 0 Å². The van der Waals surface area contributed by atoms with Crippen LogP contribution in [0, 0.1) is 10.1 Å². The molecule has 0 saturated heterocycles. The first kappa shape index (κ1) is 12.9. The molecule has 0 radical (unpaired) electrons. The van der Waals surface area contributed by atoms with Gasteiger partial charge in [-0.25, -0.2) is 0 Å². The highest BCUT2D eigenvalue weighted by atomic mass is 79.9. The molecular formula is C10H13BrN2O3. The van der Waals surface area contributed by atoms with E-state index in [4.69, 9.17) is 5.11 Å². The van der Waals surface area contributed by atoms with Gasteiger partial charge in [-0.1, -0.05) is 15.9 Å². The predicted octanol–water partition coefficient (Wildman–Crippen LogP) is 2.54. The van der Waals surface area contributed by atoms with Crippen LogP contribution in [0.15, 0.2) is 22.7 Å². The SMILES string of the molecule is O=[N+]([O-])c1ccc(Br)cc1NCCCCO. The Morgan fingerprint density at radius 3 is 2.81 bits per heavy atom. The fraction of sp³-hybridized carbons (Fsp3) is 0.400. The van der Waals surface area contributed by atoms with Crippen molar-refractivity contribution in [2.75, 3.05) is 18.5 Å². The van der Waals surface area contributed by atoms with Crippen LogP contribution in [0.25, 0.3) is 0 Å². The predicted molar refractivity (Wildman–Crippen MR) is 65.6 cm³/mol.